The second-order valence-electron chi connectivity index (χ2n) is 3.05. The molecule has 2 unspecified atom stereocenters. The molecule has 0 radical (unpaired) electrons. The van der Waals surface area contributed by atoms with Crippen LogP contribution >= 0.6 is 11.8 Å². The fourth-order valence-corrected chi connectivity index (χ4v) is 1.21. The summed E-state index contributed by atoms with van der Waals surface area (Å²) in [4.78, 5) is 0. The first-order valence-corrected chi connectivity index (χ1v) is 5.62. The summed E-state index contributed by atoms with van der Waals surface area (Å²) >= 11 is 1.88. The van der Waals surface area contributed by atoms with E-state index in [-0.39, 0.29) is 0 Å². The fourth-order valence-electron chi connectivity index (χ4n) is 0.860. The third-order valence-corrected chi connectivity index (χ3v) is 2.88. The van der Waals surface area contributed by atoms with Gasteiger partial charge in [0.15, 0.2) is 0 Å². The predicted octanol–water partition coefficient (Wildman–Crippen LogP) is 2.02. The van der Waals surface area contributed by atoms with Gasteiger partial charge in [-0.25, -0.2) is 0 Å². The SMILES string of the molecule is CSC(C)CCNC(C)CC#N. The van der Waals surface area contributed by atoms with Crippen molar-refractivity contribution in [2.45, 2.75) is 38.0 Å². The van der Waals surface area contributed by atoms with Crippen molar-refractivity contribution in [3.8, 4) is 6.07 Å². The molecule has 0 saturated carbocycles. The summed E-state index contributed by atoms with van der Waals surface area (Å²) in [7, 11) is 0. The summed E-state index contributed by atoms with van der Waals surface area (Å²) in [5, 5.41) is 12.4. The minimum Gasteiger partial charge on any atom is -0.313 e. The van der Waals surface area contributed by atoms with Crippen LogP contribution in [0.2, 0.25) is 0 Å². The van der Waals surface area contributed by atoms with Crippen LogP contribution in [0.1, 0.15) is 26.7 Å². The molecule has 0 bridgehead atoms. The van der Waals surface area contributed by atoms with Gasteiger partial charge >= 0.3 is 0 Å². The van der Waals surface area contributed by atoms with Crippen molar-refractivity contribution in [1.29, 1.82) is 5.26 Å². The maximum atomic E-state index is 8.40. The van der Waals surface area contributed by atoms with E-state index in [1.165, 1.54) is 6.42 Å². The minimum atomic E-state index is 0.337. The van der Waals surface area contributed by atoms with Gasteiger partial charge in [-0.15, -0.1) is 0 Å². The van der Waals surface area contributed by atoms with Gasteiger partial charge in [-0.3, -0.25) is 0 Å². The van der Waals surface area contributed by atoms with Crippen LogP contribution in [0.5, 0.6) is 0 Å². The van der Waals surface area contributed by atoms with Crippen LogP contribution in [-0.4, -0.2) is 24.1 Å². The fraction of sp³-hybridized carbons (Fsp3) is 0.889. The molecule has 1 N–H and O–H groups in total. The van der Waals surface area contributed by atoms with Gasteiger partial charge in [0.1, 0.15) is 0 Å². The van der Waals surface area contributed by atoms with Gasteiger partial charge in [-0.1, -0.05) is 6.92 Å². The lowest BCUT2D eigenvalue weighted by Crippen LogP contribution is -2.27. The molecule has 0 aliphatic heterocycles. The lowest BCUT2D eigenvalue weighted by atomic mass is 10.2. The second kappa shape index (κ2) is 7.45. The van der Waals surface area contributed by atoms with Crippen LogP contribution in [-0.2, 0) is 0 Å². The molecule has 0 saturated heterocycles. The predicted molar refractivity (Wildman–Crippen MR) is 55.3 cm³/mol. The molecule has 0 rings (SSSR count). The van der Waals surface area contributed by atoms with E-state index in [4.69, 9.17) is 5.26 Å². The Bertz CT molecular complexity index is 142. The average Bonchev–Trinajstić information content (AvgIpc) is 2.04. The summed E-state index contributed by atoms with van der Waals surface area (Å²) in [6.07, 6.45) is 3.91. The maximum Gasteiger partial charge on any atom is 0.0638 e. The van der Waals surface area contributed by atoms with Crippen LogP contribution in [0.15, 0.2) is 0 Å². The van der Waals surface area contributed by atoms with Crippen LogP contribution < -0.4 is 5.32 Å². The molecule has 0 amide bonds. The van der Waals surface area contributed by atoms with Gasteiger partial charge < -0.3 is 5.32 Å². The Labute approximate surface area is 79.7 Å². The number of rotatable bonds is 6. The van der Waals surface area contributed by atoms with Crippen molar-refractivity contribution in [2.24, 2.45) is 0 Å². The molecule has 0 fully saturated rings. The molecule has 3 heteroatoms. The van der Waals surface area contributed by atoms with E-state index >= 15 is 0 Å². The van der Waals surface area contributed by atoms with E-state index in [1.54, 1.807) is 0 Å². The van der Waals surface area contributed by atoms with Crippen LogP contribution in [0, 0.1) is 11.3 Å². The molecular weight excluding hydrogens is 168 g/mol. The first kappa shape index (κ1) is 11.8. The summed E-state index contributed by atoms with van der Waals surface area (Å²) < 4.78 is 0. The molecule has 2 atom stereocenters. The smallest absolute Gasteiger partial charge is 0.0638 e. The normalized spacial score (nSPS) is 15.2. The highest BCUT2D eigenvalue weighted by molar-refractivity contribution is 7.99. The van der Waals surface area contributed by atoms with Gasteiger partial charge in [0, 0.05) is 11.3 Å². The second-order valence-corrected chi connectivity index (χ2v) is 4.33. The van der Waals surface area contributed by atoms with Gasteiger partial charge in [-0.2, -0.15) is 17.0 Å². The average molecular weight is 186 g/mol. The first-order chi connectivity index (χ1) is 5.70. The Morgan fingerprint density at radius 1 is 1.50 bits per heavy atom. The number of hydrogen-bond donors (Lipinski definition) is 1. The Morgan fingerprint density at radius 2 is 2.17 bits per heavy atom. The first-order valence-electron chi connectivity index (χ1n) is 4.33. The van der Waals surface area contributed by atoms with E-state index in [1.807, 2.05) is 18.7 Å². The molecule has 0 aromatic carbocycles. The Morgan fingerprint density at radius 3 is 2.67 bits per heavy atom. The Balaban J connectivity index is 3.25. The minimum absolute atomic E-state index is 0.337. The van der Waals surface area contributed by atoms with E-state index in [0.717, 1.165) is 6.54 Å². The van der Waals surface area contributed by atoms with Crippen LogP contribution in [0.25, 0.3) is 0 Å². The third-order valence-electron chi connectivity index (χ3n) is 1.84. The zero-order valence-electron chi connectivity index (χ0n) is 8.13. The molecule has 0 aliphatic carbocycles. The van der Waals surface area contributed by atoms with E-state index < -0.39 is 0 Å². The summed E-state index contributed by atoms with van der Waals surface area (Å²) in [5.74, 6) is 0. The highest BCUT2D eigenvalue weighted by Gasteiger charge is 2.01. The molecular formula is C9H18N2S. The molecule has 0 aromatic heterocycles. The molecule has 70 valence electrons. The van der Waals surface area contributed by atoms with E-state index in [9.17, 15) is 0 Å². The molecule has 0 aromatic rings. The van der Waals surface area contributed by atoms with Crippen molar-refractivity contribution in [1.82, 2.24) is 5.32 Å². The zero-order valence-corrected chi connectivity index (χ0v) is 8.95. The number of nitrogens with zero attached hydrogens (tertiary/aromatic N) is 1. The van der Waals surface area contributed by atoms with Crippen molar-refractivity contribution in [3.63, 3.8) is 0 Å². The largest absolute Gasteiger partial charge is 0.313 e. The van der Waals surface area contributed by atoms with Crippen molar-refractivity contribution < 1.29 is 0 Å². The van der Waals surface area contributed by atoms with Crippen molar-refractivity contribution in [3.05, 3.63) is 0 Å². The monoisotopic (exact) mass is 186 g/mol. The lowest BCUT2D eigenvalue weighted by molar-refractivity contribution is 0.544. The van der Waals surface area contributed by atoms with Crippen LogP contribution in [0.4, 0.5) is 0 Å². The van der Waals surface area contributed by atoms with Gasteiger partial charge in [0.2, 0.25) is 0 Å². The van der Waals surface area contributed by atoms with E-state index in [0.29, 0.717) is 17.7 Å². The summed E-state index contributed by atoms with van der Waals surface area (Å²) in [6.45, 7) is 5.29. The van der Waals surface area contributed by atoms with Crippen molar-refractivity contribution in [2.75, 3.05) is 12.8 Å². The van der Waals surface area contributed by atoms with Gasteiger partial charge in [0.05, 0.1) is 12.5 Å². The van der Waals surface area contributed by atoms with Crippen LogP contribution in [0.3, 0.4) is 0 Å². The highest BCUT2D eigenvalue weighted by atomic mass is 32.2. The molecule has 0 spiro atoms. The standard InChI is InChI=1S/C9H18N2S/c1-8(4-6-10)11-7-5-9(2)12-3/h8-9,11H,4-5,7H2,1-3H3. The zero-order chi connectivity index (χ0) is 9.40. The number of nitriles is 1. The Hall–Kier alpha value is -0.200. The van der Waals surface area contributed by atoms with Gasteiger partial charge in [-0.05, 0) is 26.1 Å². The molecule has 0 aliphatic rings. The van der Waals surface area contributed by atoms with E-state index in [2.05, 4.69) is 24.6 Å². The topological polar surface area (TPSA) is 35.8 Å². The Kier molecular flexibility index (Phi) is 7.33. The number of thioether (sulfide) groups is 1. The molecule has 12 heavy (non-hydrogen) atoms. The number of nitrogens with one attached hydrogen (secondary N) is 1. The highest BCUT2D eigenvalue weighted by Crippen LogP contribution is 2.08. The summed E-state index contributed by atoms with van der Waals surface area (Å²) in [6, 6.07) is 2.49. The summed E-state index contributed by atoms with van der Waals surface area (Å²) in [5.41, 5.74) is 0. The third kappa shape index (κ3) is 6.51. The van der Waals surface area contributed by atoms with Gasteiger partial charge in [0.25, 0.3) is 0 Å². The lowest BCUT2D eigenvalue weighted by Gasteiger charge is -2.12. The molecule has 0 heterocycles. The maximum absolute atomic E-state index is 8.40. The number of hydrogen-bond acceptors (Lipinski definition) is 3. The van der Waals surface area contributed by atoms with Crippen molar-refractivity contribution >= 4 is 11.8 Å². The quantitative estimate of drug-likeness (QED) is 0.689. The molecule has 2 nitrogen and oxygen atoms in total.